The van der Waals surface area contributed by atoms with Crippen LogP contribution in [0.15, 0.2) is 22.8 Å². The van der Waals surface area contributed by atoms with Crippen LogP contribution in [0.5, 0.6) is 0 Å². The van der Waals surface area contributed by atoms with Crippen LogP contribution in [-0.4, -0.2) is 55.3 Å². The lowest BCUT2D eigenvalue weighted by Crippen LogP contribution is -2.37. The third-order valence-corrected chi connectivity index (χ3v) is 3.47. The number of furan rings is 1. The summed E-state index contributed by atoms with van der Waals surface area (Å²) in [4.78, 5) is 27.3. The van der Waals surface area contributed by atoms with Gasteiger partial charge in [0.2, 0.25) is 11.8 Å². The molecule has 0 saturated carbocycles. The normalized spacial score (nSPS) is 19.0. The summed E-state index contributed by atoms with van der Waals surface area (Å²) in [6.07, 6.45) is 2.40. The minimum atomic E-state index is -0.0423. The molecule has 1 aromatic heterocycles. The van der Waals surface area contributed by atoms with Gasteiger partial charge in [-0.2, -0.15) is 0 Å². The Morgan fingerprint density at radius 1 is 1.50 bits per heavy atom. The fourth-order valence-electron chi connectivity index (χ4n) is 2.40. The van der Waals surface area contributed by atoms with E-state index >= 15 is 0 Å². The van der Waals surface area contributed by atoms with Crippen molar-refractivity contribution >= 4 is 11.8 Å². The standard InChI is InChI=1S/C14H21N3O3/c1-16(2)14(19)11-5-6-17(9-11)10-13(18)15-8-12-4-3-7-20-12/h3-4,7,11H,5-6,8-10H2,1-2H3,(H,15,18). The van der Waals surface area contributed by atoms with Crippen molar-refractivity contribution in [2.75, 3.05) is 33.7 Å². The van der Waals surface area contributed by atoms with E-state index in [0.29, 0.717) is 19.6 Å². The van der Waals surface area contributed by atoms with E-state index in [0.717, 1.165) is 18.7 Å². The average Bonchev–Trinajstić information content (AvgIpc) is 3.06. The summed E-state index contributed by atoms with van der Waals surface area (Å²) in [5.41, 5.74) is 0. The summed E-state index contributed by atoms with van der Waals surface area (Å²) in [6.45, 7) is 2.18. The van der Waals surface area contributed by atoms with Crippen molar-refractivity contribution in [1.82, 2.24) is 15.1 Å². The lowest BCUT2D eigenvalue weighted by Gasteiger charge is -2.17. The largest absolute Gasteiger partial charge is 0.467 e. The van der Waals surface area contributed by atoms with Crippen molar-refractivity contribution in [2.45, 2.75) is 13.0 Å². The van der Waals surface area contributed by atoms with Crippen molar-refractivity contribution in [2.24, 2.45) is 5.92 Å². The summed E-state index contributed by atoms with van der Waals surface area (Å²) in [5.74, 6) is 0.853. The smallest absolute Gasteiger partial charge is 0.234 e. The Balaban J connectivity index is 1.72. The van der Waals surface area contributed by atoms with Crippen molar-refractivity contribution in [3.8, 4) is 0 Å². The molecule has 2 heterocycles. The summed E-state index contributed by atoms with van der Waals surface area (Å²) in [7, 11) is 3.53. The van der Waals surface area contributed by atoms with Gasteiger partial charge < -0.3 is 14.6 Å². The quantitative estimate of drug-likeness (QED) is 0.842. The molecule has 2 amide bonds. The fraction of sp³-hybridized carbons (Fsp3) is 0.571. The van der Waals surface area contributed by atoms with E-state index in [9.17, 15) is 9.59 Å². The zero-order valence-electron chi connectivity index (χ0n) is 12.0. The maximum atomic E-state index is 11.8. The van der Waals surface area contributed by atoms with E-state index in [1.54, 1.807) is 31.3 Å². The summed E-state index contributed by atoms with van der Waals surface area (Å²) < 4.78 is 5.15. The van der Waals surface area contributed by atoms with E-state index in [-0.39, 0.29) is 17.7 Å². The van der Waals surface area contributed by atoms with Crippen molar-refractivity contribution in [1.29, 1.82) is 0 Å². The number of nitrogens with zero attached hydrogens (tertiary/aromatic N) is 2. The molecule has 1 aliphatic rings. The lowest BCUT2D eigenvalue weighted by molar-refractivity contribution is -0.132. The molecule has 6 nitrogen and oxygen atoms in total. The van der Waals surface area contributed by atoms with Gasteiger partial charge in [-0.25, -0.2) is 0 Å². The first-order valence-electron chi connectivity index (χ1n) is 6.79. The maximum Gasteiger partial charge on any atom is 0.234 e. The molecule has 0 spiro atoms. The predicted octanol–water partition coefficient (Wildman–Crippen LogP) is 0.306. The number of likely N-dealkylation sites (tertiary alicyclic amines) is 1. The van der Waals surface area contributed by atoms with Gasteiger partial charge in [-0.1, -0.05) is 0 Å². The van der Waals surface area contributed by atoms with Crippen molar-refractivity contribution in [3.63, 3.8) is 0 Å². The van der Waals surface area contributed by atoms with Gasteiger partial charge in [-0.15, -0.1) is 0 Å². The fourth-order valence-corrected chi connectivity index (χ4v) is 2.40. The van der Waals surface area contributed by atoms with Crippen LogP contribution in [0.1, 0.15) is 12.2 Å². The molecule has 1 aromatic rings. The van der Waals surface area contributed by atoms with Gasteiger partial charge in [-0.05, 0) is 25.1 Å². The number of amides is 2. The molecular formula is C14H21N3O3. The van der Waals surface area contributed by atoms with E-state index in [1.807, 2.05) is 11.0 Å². The Morgan fingerprint density at radius 2 is 2.30 bits per heavy atom. The van der Waals surface area contributed by atoms with E-state index in [1.165, 1.54) is 0 Å². The summed E-state index contributed by atoms with van der Waals surface area (Å²) >= 11 is 0. The highest BCUT2D eigenvalue weighted by atomic mass is 16.3. The SMILES string of the molecule is CN(C)C(=O)C1CCN(CC(=O)NCc2ccco2)C1. The molecule has 1 aliphatic heterocycles. The van der Waals surface area contributed by atoms with Gasteiger partial charge in [0, 0.05) is 20.6 Å². The first kappa shape index (κ1) is 14.6. The van der Waals surface area contributed by atoms with Crippen LogP contribution in [0.25, 0.3) is 0 Å². The third-order valence-electron chi connectivity index (χ3n) is 3.47. The Bertz CT molecular complexity index is 456. The molecule has 0 aliphatic carbocycles. The zero-order chi connectivity index (χ0) is 14.5. The summed E-state index contributed by atoms with van der Waals surface area (Å²) in [6, 6.07) is 3.61. The van der Waals surface area contributed by atoms with Crippen LogP contribution in [0.2, 0.25) is 0 Å². The minimum Gasteiger partial charge on any atom is -0.467 e. The van der Waals surface area contributed by atoms with Crippen LogP contribution in [0.3, 0.4) is 0 Å². The van der Waals surface area contributed by atoms with E-state index in [4.69, 9.17) is 4.42 Å². The molecular weight excluding hydrogens is 258 g/mol. The molecule has 1 fully saturated rings. The number of carbonyl (C=O) groups is 2. The number of rotatable bonds is 5. The molecule has 0 bridgehead atoms. The Morgan fingerprint density at radius 3 is 2.95 bits per heavy atom. The van der Waals surface area contributed by atoms with Crippen molar-refractivity contribution in [3.05, 3.63) is 24.2 Å². The second kappa shape index (κ2) is 6.56. The molecule has 6 heteroatoms. The maximum absolute atomic E-state index is 11.8. The third kappa shape index (κ3) is 3.84. The number of carbonyl (C=O) groups excluding carboxylic acids is 2. The van der Waals surface area contributed by atoms with Gasteiger partial charge in [-0.3, -0.25) is 14.5 Å². The van der Waals surface area contributed by atoms with Gasteiger partial charge >= 0.3 is 0 Å². The molecule has 110 valence electrons. The molecule has 1 atom stereocenters. The Labute approximate surface area is 118 Å². The minimum absolute atomic E-state index is 0.0165. The average molecular weight is 279 g/mol. The van der Waals surface area contributed by atoms with Crippen LogP contribution < -0.4 is 5.32 Å². The molecule has 0 aromatic carbocycles. The number of nitrogens with one attached hydrogen (secondary N) is 1. The molecule has 20 heavy (non-hydrogen) atoms. The Hall–Kier alpha value is -1.82. The highest BCUT2D eigenvalue weighted by molar-refractivity contribution is 5.80. The highest BCUT2D eigenvalue weighted by Gasteiger charge is 2.29. The molecule has 1 N–H and O–H groups in total. The van der Waals surface area contributed by atoms with Gasteiger partial charge in [0.25, 0.3) is 0 Å². The van der Waals surface area contributed by atoms with E-state index < -0.39 is 0 Å². The molecule has 1 saturated heterocycles. The Kier molecular flexibility index (Phi) is 4.79. The van der Waals surface area contributed by atoms with Crippen LogP contribution in [-0.2, 0) is 16.1 Å². The van der Waals surface area contributed by atoms with Crippen molar-refractivity contribution < 1.29 is 14.0 Å². The lowest BCUT2D eigenvalue weighted by atomic mass is 10.1. The topological polar surface area (TPSA) is 65.8 Å². The second-order valence-electron chi connectivity index (χ2n) is 5.31. The number of hydrogen-bond donors (Lipinski definition) is 1. The highest BCUT2D eigenvalue weighted by Crippen LogP contribution is 2.17. The second-order valence-corrected chi connectivity index (χ2v) is 5.31. The van der Waals surface area contributed by atoms with Gasteiger partial charge in [0.15, 0.2) is 0 Å². The van der Waals surface area contributed by atoms with Crippen LogP contribution >= 0.6 is 0 Å². The molecule has 1 unspecified atom stereocenters. The van der Waals surface area contributed by atoms with Crippen LogP contribution in [0, 0.1) is 5.92 Å². The predicted molar refractivity (Wildman–Crippen MR) is 73.8 cm³/mol. The summed E-state index contributed by atoms with van der Waals surface area (Å²) in [5, 5.41) is 2.81. The van der Waals surface area contributed by atoms with Crippen LogP contribution in [0.4, 0.5) is 0 Å². The van der Waals surface area contributed by atoms with Gasteiger partial charge in [0.1, 0.15) is 5.76 Å². The zero-order valence-corrected chi connectivity index (χ0v) is 12.0. The monoisotopic (exact) mass is 279 g/mol. The van der Waals surface area contributed by atoms with E-state index in [2.05, 4.69) is 5.32 Å². The molecule has 0 radical (unpaired) electrons. The molecule has 2 rings (SSSR count). The van der Waals surface area contributed by atoms with Gasteiger partial charge in [0.05, 0.1) is 25.3 Å². The first-order chi connectivity index (χ1) is 9.56. The number of hydrogen-bond acceptors (Lipinski definition) is 4. The first-order valence-corrected chi connectivity index (χ1v) is 6.79.